The number of halogens is 1. The number of hydrogen-bond acceptors (Lipinski definition) is 3. The molecule has 0 spiro atoms. The standard InChI is InChI=1S/C19H26N2O2.ClH/c1-12-7-8-13(2)17-16(12)14(3)18(23-17)19(22)21-9-5-6-15(11-21)10-20-4;/h7-8,15,20H,5-6,9-11H2,1-4H3;1H. The largest absolute Gasteiger partial charge is 0.450 e. The van der Waals surface area contributed by atoms with Gasteiger partial charge >= 0.3 is 0 Å². The van der Waals surface area contributed by atoms with Gasteiger partial charge in [0.25, 0.3) is 5.91 Å². The number of rotatable bonds is 3. The molecule has 5 heteroatoms. The highest BCUT2D eigenvalue weighted by molar-refractivity contribution is 6.00. The zero-order valence-corrected chi connectivity index (χ0v) is 15.8. The fourth-order valence-electron chi connectivity index (χ4n) is 3.73. The maximum atomic E-state index is 13.0. The molecule has 1 aliphatic heterocycles. The Morgan fingerprint density at radius 3 is 2.67 bits per heavy atom. The molecule has 1 unspecified atom stereocenters. The van der Waals surface area contributed by atoms with Crippen LogP contribution in [0, 0.1) is 26.7 Å². The van der Waals surface area contributed by atoms with Crippen LogP contribution in [-0.4, -0.2) is 37.5 Å². The van der Waals surface area contributed by atoms with E-state index in [9.17, 15) is 4.79 Å². The number of piperidine rings is 1. The van der Waals surface area contributed by atoms with Crippen LogP contribution >= 0.6 is 12.4 Å². The molecule has 1 atom stereocenters. The Balaban J connectivity index is 0.00000208. The number of carbonyl (C=O) groups is 1. The summed E-state index contributed by atoms with van der Waals surface area (Å²) < 4.78 is 6.01. The average molecular weight is 351 g/mol. The van der Waals surface area contributed by atoms with Gasteiger partial charge in [-0.25, -0.2) is 0 Å². The van der Waals surface area contributed by atoms with Crippen LogP contribution in [0.2, 0.25) is 0 Å². The number of aryl methyl sites for hydroxylation is 3. The summed E-state index contributed by atoms with van der Waals surface area (Å²) in [5.74, 6) is 1.09. The highest BCUT2D eigenvalue weighted by Crippen LogP contribution is 2.32. The molecule has 1 aliphatic rings. The third-order valence-corrected chi connectivity index (χ3v) is 4.98. The third-order valence-electron chi connectivity index (χ3n) is 4.98. The molecule has 1 amide bonds. The van der Waals surface area contributed by atoms with Crippen LogP contribution in [0.5, 0.6) is 0 Å². The van der Waals surface area contributed by atoms with E-state index in [2.05, 4.69) is 24.4 Å². The van der Waals surface area contributed by atoms with Crippen molar-refractivity contribution in [2.24, 2.45) is 5.92 Å². The maximum Gasteiger partial charge on any atom is 0.289 e. The SMILES string of the molecule is CNCC1CCCN(C(=O)c2oc3c(C)ccc(C)c3c2C)C1.Cl. The molecule has 1 N–H and O–H groups in total. The molecule has 132 valence electrons. The van der Waals surface area contributed by atoms with Gasteiger partial charge in [-0.2, -0.15) is 0 Å². The van der Waals surface area contributed by atoms with Crippen molar-refractivity contribution in [3.05, 3.63) is 34.6 Å². The lowest BCUT2D eigenvalue weighted by molar-refractivity contribution is 0.0643. The number of carbonyl (C=O) groups excluding carboxylic acids is 1. The van der Waals surface area contributed by atoms with Crippen LogP contribution in [0.4, 0.5) is 0 Å². The van der Waals surface area contributed by atoms with Crippen LogP contribution in [0.25, 0.3) is 11.0 Å². The molecule has 1 aromatic heterocycles. The number of benzene rings is 1. The van der Waals surface area contributed by atoms with Crippen molar-refractivity contribution in [3.63, 3.8) is 0 Å². The smallest absolute Gasteiger partial charge is 0.289 e. The first-order chi connectivity index (χ1) is 11.0. The number of nitrogens with zero attached hydrogens (tertiary/aromatic N) is 1. The fourth-order valence-corrected chi connectivity index (χ4v) is 3.73. The van der Waals surface area contributed by atoms with Crippen molar-refractivity contribution < 1.29 is 9.21 Å². The Bertz CT molecular complexity index is 737. The topological polar surface area (TPSA) is 45.5 Å². The summed E-state index contributed by atoms with van der Waals surface area (Å²) in [5, 5.41) is 4.32. The zero-order valence-electron chi connectivity index (χ0n) is 14.9. The van der Waals surface area contributed by atoms with Gasteiger partial charge in [0.15, 0.2) is 5.76 Å². The summed E-state index contributed by atoms with van der Waals surface area (Å²) in [6.45, 7) is 8.70. The number of fused-ring (bicyclic) bond motifs is 1. The predicted octanol–water partition coefficient (Wildman–Crippen LogP) is 3.85. The van der Waals surface area contributed by atoms with Gasteiger partial charge in [-0.05, 0) is 64.3 Å². The molecule has 1 aromatic carbocycles. The molecule has 1 fully saturated rings. The van der Waals surface area contributed by atoms with Gasteiger partial charge in [0.1, 0.15) is 5.58 Å². The normalized spacial score (nSPS) is 17.8. The molecule has 0 radical (unpaired) electrons. The molecule has 2 heterocycles. The second kappa shape index (κ2) is 7.58. The molecule has 0 saturated carbocycles. The second-order valence-corrected chi connectivity index (χ2v) is 6.78. The minimum absolute atomic E-state index is 0. The van der Waals surface area contributed by atoms with E-state index in [4.69, 9.17) is 4.42 Å². The van der Waals surface area contributed by atoms with Crippen molar-refractivity contribution in [1.82, 2.24) is 10.2 Å². The van der Waals surface area contributed by atoms with Crippen LogP contribution in [0.1, 0.15) is 40.1 Å². The lowest BCUT2D eigenvalue weighted by atomic mass is 9.97. The van der Waals surface area contributed by atoms with E-state index in [0.717, 1.165) is 53.7 Å². The van der Waals surface area contributed by atoms with Gasteiger partial charge in [0.05, 0.1) is 0 Å². The van der Waals surface area contributed by atoms with Crippen LogP contribution in [0.15, 0.2) is 16.5 Å². The summed E-state index contributed by atoms with van der Waals surface area (Å²) in [6, 6.07) is 4.15. The summed E-state index contributed by atoms with van der Waals surface area (Å²) in [5.41, 5.74) is 4.08. The highest BCUT2D eigenvalue weighted by atomic mass is 35.5. The van der Waals surface area contributed by atoms with Crippen LogP contribution in [-0.2, 0) is 0 Å². The first-order valence-corrected chi connectivity index (χ1v) is 8.46. The molecule has 24 heavy (non-hydrogen) atoms. The van der Waals surface area contributed by atoms with Gasteiger partial charge in [0.2, 0.25) is 0 Å². The fraction of sp³-hybridized carbons (Fsp3) is 0.526. The summed E-state index contributed by atoms with van der Waals surface area (Å²) in [4.78, 5) is 14.9. The van der Waals surface area contributed by atoms with E-state index in [0.29, 0.717) is 11.7 Å². The first kappa shape index (κ1) is 18.8. The average Bonchev–Trinajstić information content (AvgIpc) is 2.90. The van der Waals surface area contributed by atoms with E-state index in [-0.39, 0.29) is 18.3 Å². The Hall–Kier alpha value is -1.52. The zero-order chi connectivity index (χ0) is 16.6. The monoisotopic (exact) mass is 350 g/mol. The Kier molecular flexibility index (Phi) is 5.94. The first-order valence-electron chi connectivity index (χ1n) is 8.46. The quantitative estimate of drug-likeness (QED) is 0.914. The van der Waals surface area contributed by atoms with E-state index >= 15 is 0 Å². The van der Waals surface area contributed by atoms with Gasteiger partial charge in [-0.15, -0.1) is 12.4 Å². The molecule has 0 bridgehead atoms. The maximum absolute atomic E-state index is 13.0. The lowest BCUT2D eigenvalue weighted by Gasteiger charge is -2.32. The predicted molar refractivity (Wildman–Crippen MR) is 100 cm³/mol. The van der Waals surface area contributed by atoms with E-state index < -0.39 is 0 Å². The Morgan fingerprint density at radius 1 is 1.29 bits per heavy atom. The molecular weight excluding hydrogens is 324 g/mol. The number of hydrogen-bond donors (Lipinski definition) is 1. The van der Waals surface area contributed by atoms with E-state index in [1.807, 2.05) is 25.8 Å². The van der Waals surface area contributed by atoms with Gasteiger partial charge < -0.3 is 14.6 Å². The molecule has 2 aromatic rings. The summed E-state index contributed by atoms with van der Waals surface area (Å²) >= 11 is 0. The van der Waals surface area contributed by atoms with Gasteiger partial charge in [0, 0.05) is 24.0 Å². The number of furan rings is 1. The van der Waals surface area contributed by atoms with E-state index in [1.165, 1.54) is 6.42 Å². The molecule has 3 rings (SSSR count). The summed E-state index contributed by atoms with van der Waals surface area (Å²) in [6.07, 6.45) is 2.25. The van der Waals surface area contributed by atoms with Gasteiger partial charge in [-0.1, -0.05) is 12.1 Å². The number of amides is 1. The van der Waals surface area contributed by atoms with Crippen LogP contribution in [0.3, 0.4) is 0 Å². The van der Waals surface area contributed by atoms with Crippen molar-refractivity contribution in [2.75, 3.05) is 26.7 Å². The van der Waals surface area contributed by atoms with Crippen molar-refractivity contribution in [1.29, 1.82) is 0 Å². The Labute approximate surface area is 150 Å². The second-order valence-electron chi connectivity index (χ2n) is 6.78. The van der Waals surface area contributed by atoms with Crippen LogP contribution < -0.4 is 5.32 Å². The highest BCUT2D eigenvalue weighted by Gasteiger charge is 2.28. The van der Waals surface area contributed by atoms with Crippen molar-refractivity contribution in [2.45, 2.75) is 33.6 Å². The molecule has 0 aliphatic carbocycles. The Morgan fingerprint density at radius 2 is 2.00 bits per heavy atom. The molecule has 4 nitrogen and oxygen atoms in total. The van der Waals surface area contributed by atoms with E-state index in [1.54, 1.807) is 0 Å². The summed E-state index contributed by atoms with van der Waals surface area (Å²) in [7, 11) is 1.97. The van der Waals surface area contributed by atoms with Crippen molar-refractivity contribution >= 4 is 29.3 Å². The lowest BCUT2D eigenvalue weighted by Crippen LogP contribution is -2.42. The number of nitrogens with one attached hydrogen (secondary N) is 1. The third kappa shape index (κ3) is 3.31. The van der Waals surface area contributed by atoms with Gasteiger partial charge in [-0.3, -0.25) is 4.79 Å². The minimum atomic E-state index is 0. The molecule has 1 saturated heterocycles. The minimum Gasteiger partial charge on any atom is -0.450 e. The molecular formula is C19H27ClN2O2. The number of likely N-dealkylation sites (tertiary alicyclic amines) is 1. The van der Waals surface area contributed by atoms with Crippen molar-refractivity contribution in [3.8, 4) is 0 Å².